The molecule has 1 saturated heterocycles. The summed E-state index contributed by atoms with van der Waals surface area (Å²) < 4.78 is 44.2. The van der Waals surface area contributed by atoms with E-state index in [1.807, 2.05) is 39.0 Å². The molecule has 1 aliphatic rings. The number of aliphatic hydroxyl groups excluding tert-OH is 1. The monoisotopic (exact) mass is 658 g/mol. The van der Waals surface area contributed by atoms with Gasteiger partial charge in [0.15, 0.2) is 17.4 Å². The summed E-state index contributed by atoms with van der Waals surface area (Å²) in [6, 6.07) is 11.4. The molecular weight excluding hydrogens is 619 g/mol. The number of nitrogen functional groups attached to an aromatic ring is 1. The van der Waals surface area contributed by atoms with Crippen molar-refractivity contribution in [1.82, 2.24) is 24.6 Å². The summed E-state index contributed by atoms with van der Waals surface area (Å²) in [5.74, 6) is -0.411. The van der Waals surface area contributed by atoms with E-state index in [0.717, 1.165) is 5.39 Å². The SMILES string of the molecule is COc1nc(N)nc2c1ncn2[C@@H]1O[C@H](COP(=O)(N[C@H](C)C(=O)OCC(C)(C)C)Oc2cccc3ccccc23)[C@@H](O)[C@@]1(C)O. The first-order valence-corrected chi connectivity index (χ1v) is 16.1. The lowest BCUT2D eigenvalue weighted by molar-refractivity contribution is -0.148. The molecule has 46 heavy (non-hydrogen) atoms. The van der Waals surface area contributed by atoms with Crippen LogP contribution in [0.1, 0.15) is 40.8 Å². The Balaban J connectivity index is 1.40. The molecule has 0 bridgehead atoms. The molecule has 1 unspecified atom stereocenters. The smallest absolute Gasteiger partial charge is 0.459 e. The van der Waals surface area contributed by atoms with E-state index in [4.69, 9.17) is 29.0 Å². The van der Waals surface area contributed by atoms with Gasteiger partial charge in [0.1, 0.15) is 29.6 Å². The quantitative estimate of drug-likeness (QED) is 0.135. The van der Waals surface area contributed by atoms with Crippen LogP contribution in [0.15, 0.2) is 48.8 Å². The number of carbonyl (C=O) groups excluding carboxylic acids is 1. The van der Waals surface area contributed by atoms with Crippen molar-refractivity contribution in [3.05, 3.63) is 48.8 Å². The van der Waals surface area contributed by atoms with Gasteiger partial charge in [0, 0.05) is 5.39 Å². The molecule has 0 spiro atoms. The number of aromatic nitrogens is 4. The second-order valence-electron chi connectivity index (χ2n) is 12.5. The van der Waals surface area contributed by atoms with Crippen molar-refractivity contribution in [2.75, 3.05) is 26.1 Å². The summed E-state index contributed by atoms with van der Waals surface area (Å²) in [6.07, 6.45) is -2.63. The molecule has 0 amide bonds. The normalized spacial score (nSPS) is 23.7. The lowest BCUT2D eigenvalue weighted by Gasteiger charge is -2.27. The Kier molecular flexibility index (Phi) is 9.28. The summed E-state index contributed by atoms with van der Waals surface area (Å²) in [7, 11) is -2.97. The summed E-state index contributed by atoms with van der Waals surface area (Å²) in [4.78, 5) is 25.3. The van der Waals surface area contributed by atoms with E-state index in [0.29, 0.717) is 5.39 Å². The van der Waals surface area contributed by atoms with Crippen LogP contribution in [-0.2, 0) is 23.4 Å². The van der Waals surface area contributed by atoms with Crippen molar-refractivity contribution in [2.24, 2.45) is 5.41 Å². The van der Waals surface area contributed by atoms with Gasteiger partial charge in [-0.3, -0.25) is 13.9 Å². The Morgan fingerprint density at radius 2 is 1.93 bits per heavy atom. The van der Waals surface area contributed by atoms with Gasteiger partial charge < -0.3 is 34.7 Å². The lowest BCUT2D eigenvalue weighted by Crippen LogP contribution is -2.44. The van der Waals surface area contributed by atoms with Gasteiger partial charge in [-0.2, -0.15) is 15.1 Å². The van der Waals surface area contributed by atoms with Crippen LogP contribution >= 0.6 is 7.75 Å². The van der Waals surface area contributed by atoms with E-state index in [1.165, 1.54) is 31.9 Å². The molecule has 6 atom stereocenters. The molecule has 3 heterocycles. The highest BCUT2D eigenvalue weighted by molar-refractivity contribution is 7.52. The van der Waals surface area contributed by atoms with Crippen LogP contribution < -0.4 is 20.1 Å². The fourth-order valence-corrected chi connectivity index (χ4v) is 6.49. The number of fused-ring (bicyclic) bond motifs is 2. The number of ether oxygens (including phenoxy) is 3. The second kappa shape index (κ2) is 12.7. The van der Waals surface area contributed by atoms with E-state index in [1.54, 1.807) is 24.3 Å². The van der Waals surface area contributed by atoms with Gasteiger partial charge >= 0.3 is 13.7 Å². The third-order valence-electron chi connectivity index (χ3n) is 7.34. The predicted molar refractivity (Wildman–Crippen MR) is 168 cm³/mol. The average Bonchev–Trinajstić information content (AvgIpc) is 3.51. The van der Waals surface area contributed by atoms with E-state index in [2.05, 4.69) is 20.0 Å². The molecule has 5 N–H and O–H groups in total. The Morgan fingerprint density at radius 1 is 1.22 bits per heavy atom. The molecule has 16 heteroatoms. The van der Waals surface area contributed by atoms with Gasteiger partial charge in [0.25, 0.3) is 0 Å². The number of nitrogens with zero attached hydrogens (tertiary/aromatic N) is 4. The average molecular weight is 659 g/mol. The van der Waals surface area contributed by atoms with Gasteiger partial charge in [-0.25, -0.2) is 9.55 Å². The molecule has 1 fully saturated rings. The minimum atomic E-state index is -4.37. The molecule has 2 aromatic heterocycles. The standard InChI is InChI=1S/C30H39N6O9P/c1-17(26(38)42-15-29(2,3)4)35-46(40,45-20-13-9-11-18-10-7-8-12-19(18)20)43-14-21-23(37)30(5,39)27(44-21)36-16-32-22-24(36)33-28(31)34-25(22)41-6/h7-13,16-17,21,23,27,37,39H,14-15H2,1-6H3,(H,35,40)(H2,31,33,34)/t17-,21-,23-,27-,30-,46?/m1/s1. The molecule has 1 aliphatic heterocycles. The maximum atomic E-state index is 14.3. The number of benzene rings is 2. The van der Waals surface area contributed by atoms with Crippen molar-refractivity contribution in [2.45, 2.75) is 64.7 Å². The maximum absolute atomic E-state index is 14.3. The van der Waals surface area contributed by atoms with Crippen molar-refractivity contribution in [1.29, 1.82) is 0 Å². The minimum absolute atomic E-state index is 0.100. The summed E-state index contributed by atoms with van der Waals surface area (Å²) in [5, 5.41) is 26.7. The highest BCUT2D eigenvalue weighted by Crippen LogP contribution is 2.48. The van der Waals surface area contributed by atoms with Crippen LogP contribution in [0.4, 0.5) is 5.95 Å². The Labute approximate surface area is 265 Å². The third-order valence-corrected chi connectivity index (χ3v) is 8.97. The van der Waals surface area contributed by atoms with Crippen LogP contribution in [0.3, 0.4) is 0 Å². The van der Waals surface area contributed by atoms with Gasteiger partial charge in [-0.15, -0.1) is 0 Å². The first-order valence-electron chi connectivity index (χ1n) is 14.6. The number of hydrogen-bond acceptors (Lipinski definition) is 13. The largest absolute Gasteiger partial charge is 0.479 e. The number of nitrogens with two attached hydrogens (primary N) is 1. The van der Waals surface area contributed by atoms with Crippen molar-refractivity contribution in [3.63, 3.8) is 0 Å². The van der Waals surface area contributed by atoms with E-state index >= 15 is 0 Å². The zero-order chi connectivity index (χ0) is 33.4. The number of anilines is 1. The molecule has 0 radical (unpaired) electrons. The van der Waals surface area contributed by atoms with Gasteiger partial charge in [-0.05, 0) is 30.7 Å². The summed E-state index contributed by atoms with van der Waals surface area (Å²) in [6.45, 7) is 8.20. The number of rotatable bonds is 11. The molecular formula is C30H39N6O9P. The van der Waals surface area contributed by atoms with Crippen LogP contribution in [0.2, 0.25) is 0 Å². The first kappa shape index (κ1) is 33.5. The fourth-order valence-electron chi connectivity index (χ4n) is 4.97. The van der Waals surface area contributed by atoms with Crippen molar-refractivity contribution in [3.8, 4) is 11.6 Å². The number of methoxy groups -OCH3 is 1. The minimum Gasteiger partial charge on any atom is -0.479 e. The van der Waals surface area contributed by atoms with E-state index in [9.17, 15) is 19.6 Å². The van der Waals surface area contributed by atoms with Gasteiger partial charge in [0.05, 0.1) is 26.7 Å². The molecule has 2 aromatic carbocycles. The number of carbonyl (C=O) groups is 1. The Bertz CT molecular complexity index is 1770. The Morgan fingerprint density at radius 3 is 2.65 bits per heavy atom. The highest BCUT2D eigenvalue weighted by Gasteiger charge is 2.54. The number of aliphatic hydroxyl groups is 2. The van der Waals surface area contributed by atoms with Crippen LogP contribution in [-0.4, -0.2) is 79.9 Å². The van der Waals surface area contributed by atoms with Crippen LogP contribution in [0.25, 0.3) is 21.9 Å². The molecule has 248 valence electrons. The molecule has 0 saturated carbocycles. The van der Waals surface area contributed by atoms with Gasteiger partial charge in [-0.1, -0.05) is 57.2 Å². The van der Waals surface area contributed by atoms with E-state index in [-0.39, 0.29) is 40.8 Å². The number of imidazole rings is 1. The fraction of sp³-hybridized carbons (Fsp3) is 0.467. The second-order valence-corrected chi connectivity index (χ2v) is 14.2. The van der Waals surface area contributed by atoms with Crippen molar-refractivity contribution >= 4 is 41.6 Å². The summed E-state index contributed by atoms with van der Waals surface area (Å²) >= 11 is 0. The Hall–Kier alpha value is -3.85. The molecule has 5 rings (SSSR count). The lowest BCUT2D eigenvalue weighted by atomic mass is 9.96. The molecule has 15 nitrogen and oxygen atoms in total. The topological polar surface area (TPSA) is 202 Å². The number of esters is 1. The molecule has 0 aliphatic carbocycles. The number of hydrogen-bond donors (Lipinski definition) is 4. The molecule has 4 aromatic rings. The van der Waals surface area contributed by atoms with Gasteiger partial charge in [0.2, 0.25) is 11.8 Å². The van der Waals surface area contributed by atoms with Crippen LogP contribution in [0, 0.1) is 5.41 Å². The third kappa shape index (κ3) is 6.94. The van der Waals surface area contributed by atoms with Crippen LogP contribution in [0.5, 0.6) is 11.6 Å². The first-order chi connectivity index (χ1) is 21.6. The summed E-state index contributed by atoms with van der Waals surface area (Å²) in [5.41, 5.74) is 4.11. The van der Waals surface area contributed by atoms with E-state index < -0.39 is 50.4 Å². The zero-order valence-corrected chi connectivity index (χ0v) is 27.3. The number of nitrogens with one attached hydrogen (secondary N) is 1. The highest BCUT2D eigenvalue weighted by atomic mass is 31.2. The zero-order valence-electron chi connectivity index (χ0n) is 26.4. The maximum Gasteiger partial charge on any atom is 0.459 e. The predicted octanol–water partition coefficient (Wildman–Crippen LogP) is 3.35. The van der Waals surface area contributed by atoms with Crippen molar-refractivity contribution < 1.29 is 42.8 Å².